The Labute approximate surface area is 89.7 Å². The molecule has 0 radical (unpaired) electrons. The summed E-state index contributed by atoms with van der Waals surface area (Å²) in [7, 11) is 0. The lowest BCUT2D eigenvalue weighted by Gasteiger charge is -2.05. The van der Waals surface area contributed by atoms with Crippen molar-refractivity contribution in [3.05, 3.63) is 33.5 Å². The lowest BCUT2D eigenvalue weighted by Crippen LogP contribution is -1.88. The predicted molar refractivity (Wildman–Crippen MR) is 62.5 cm³/mol. The van der Waals surface area contributed by atoms with E-state index in [2.05, 4.69) is 37.0 Å². The van der Waals surface area contributed by atoms with Crippen molar-refractivity contribution in [2.24, 2.45) is 0 Å². The van der Waals surface area contributed by atoms with Crippen molar-refractivity contribution in [3.8, 4) is 11.8 Å². The van der Waals surface area contributed by atoms with E-state index in [-0.39, 0.29) is 0 Å². The molecule has 1 aliphatic carbocycles. The summed E-state index contributed by atoms with van der Waals surface area (Å²) in [6.07, 6.45) is 7.33. The van der Waals surface area contributed by atoms with Crippen molar-refractivity contribution in [2.45, 2.75) is 32.6 Å². The molecule has 0 fully saturated rings. The van der Waals surface area contributed by atoms with Crippen LogP contribution in [0.25, 0.3) is 0 Å². The maximum absolute atomic E-state index is 3.27. The molecule has 0 N–H and O–H groups in total. The SMILES string of the molecule is Cc1ccc(C#CC2=CCCCC2)s1. The van der Waals surface area contributed by atoms with E-state index < -0.39 is 0 Å². The Morgan fingerprint density at radius 3 is 2.79 bits per heavy atom. The predicted octanol–water partition coefficient (Wildman–Crippen LogP) is 3.91. The van der Waals surface area contributed by atoms with Gasteiger partial charge in [0, 0.05) is 4.88 Å². The second-order valence-corrected chi connectivity index (χ2v) is 4.92. The van der Waals surface area contributed by atoms with Gasteiger partial charge in [0.15, 0.2) is 0 Å². The van der Waals surface area contributed by atoms with Gasteiger partial charge in [-0.2, -0.15) is 0 Å². The van der Waals surface area contributed by atoms with Crippen LogP contribution in [-0.4, -0.2) is 0 Å². The van der Waals surface area contributed by atoms with Gasteiger partial charge in [-0.25, -0.2) is 0 Å². The maximum atomic E-state index is 3.27. The molecule has 72 valence electrons. The van der Waals surface area contributed by atoms with Crippen molar-refractivity contribution >= 4 is 11.3 Å². The zero-order valence-electron chi connectivity index (χ0n) is 8.47. The molecule has 2 rings (SSSR count). The van der Waals surface area contributed by atoms with Gasteiger partial charge in [0.05, 0.1) is 4.88 Å². The second-order valence-electron chi connectivity index (χ2n) is 3.64. The molecule has 0 amide bonds. The molecule has 14 heavy (non-hydrogen) atoms. The zero-order chi connectivity index (χ0) is 9.80. The number of hydrogen-bond acceptors (Lipinski definition) is 1. The monoisotopic (exact) mass is 202 g/mol. The summed E-state index contributed by atoms with van der Waals surface area (Å²) in [6, 6.07) is 4.24. The fourth-order valence-electron chi connectivity index (χ4n) is 1.60. The first kappa shape index (κ1) is 9.55. The molecule has 0 unspecified atom stereocenters. The number of rotatable bonds is 0. The molecule has 1 aromatic rings. The van der Waals surface area contributed by atoms with Crippen LogP contribution < -0.4 is 0 Å². The van der Waals surface area contributed by atoms with Crippen molar-refractivity contribution in [1.29, 1.82) is 0 Å². The summed E-state index contributed by atoms with van der Waals surface area (Å²) >= 11 is 1.78. The van der Waals surface area contributed by atoms with Crippen molar-refractivity contribution < 1.29 is 0 Å². The number of hydrogen-bond donors (Lipinski definition) is 0. The number of thiophene rings is 1. The number of allylic oxidation sites excluding steroid dienone is 2. The van der Waals surface area contributed by atoms with Crippen LogP contribution >= 0.6 is 11.3 Å². The van der Waals surface area contributed by atoms with Crippen molar-refractivity contribution in [2.75, 3.05) is 0 Å². The largest absolute Gasteiger partial charge is 0.132 e. The van der Waals surface area contributed by atoms with E-state index in [1.807, 2.05) is 0 Å². The van der Waals surface area contributed by atoms with E-state index in [0.29, 0.717) is 0 Å². The second kappa shape index (κ2) is 4.48. The van der Waals surface area contributed by atoms with Crippen LogP contribution in [0.3, 0.4) is 0 Å². The van der Waals surface area contributed by atoms with Crippen molar-refractivity contribution in [3.63, 3.8) is 0 Å². The van der Waals surface area contributed by atoms with Crippen LogP contribution in [0, 0.1) is 18.8 Å². The molecule has 1 aliphatic rings. The molecule has 1 heteroatoms. The third kappa shape index (κ3) is 2.49. The highest BCUT2D eigenvalue weighted by atomic mass is 32.1. The molecule has 0 atom stereocenters. The van der Waals surface area contributed by atoms with Gasteiger partial charge in [0.25, 0.3) is 0 Å². The van der Waals surface area contributed by atoms with Gasteiger partial charge in [0.2, 0.25) is 0 Å². The highest BCUT2D eigenvalue weighted by molar-refractivity contribution is 7.12. The minimum Gasteiger partial charge on any atom is -0.132 e. The third-order valence-electron chi connectivity index (χ3n) is 2.38. The van der Waals surface area contributed by atoms with E-state index in [1.54, 1.807) is 11.3 Å². The minimum absolute atomic E-state index is 1.18. The molecule has 0 bridgehead atoms. The Bertz CT molecular complexity index is 398. The topological polar surface area (TPSA) is 0 Å². The zero-order valence-corrected chi connectivity index (χ0v) is 9.29. The third-order valence-corrected chi connectivity index (χ3v) is 3.29. The Hall–Kier alpha value is -1.000. The summed E-state index contributed by atoms with van der Waals surface area (Å²) < 4.78 is 0. The highest BCUT2D eigenvalue weighted by Crippen LogP contribution is 2.17. The van der Waals surface area contributed by atoms with Crippen molar-refractivity contribution in [1.82, 2.24) is 0 Å². The van der Waals surface area contributed by atoms with Crippen LogP contribution in [-0.2, 0) is 0 Å². The van der Waals surface area contributed by atoms with Gasteiger partial charge in [-0.05, 0) is 50.3 Å². The van der Waals surface area contributed by atoms with Gasteiger partial charge in [-0.1, -0.05) is 17.9 Å². The Morgan fingerprint density at radius 1 is 1.21 bits per heavy atom. The summed E-state index contributed by atoms with van der Waals surface area (Å²) in [5.74, 6) is 6.51. The quantitative estimate of drug-likeness (QED) is 0.560. The van der Waals surface area contributed by atoms with Gasteiger partial charge in [0.1, 0.15) is 0 Å². The lowest BCUT2D eigenvalue weighted by atomic mass is 10.0. The summed E-state index contributed by atoms with van der Waals surface area (Å²) in [6.45, 7) is 2.12. The first-order chi connectivity index (χ1) is 6.84. The minimum atomic E-state index is 1.18. The molecule has 0 saturated carbocycles. The molecule has 1 aromatic heterocycles. The van der Waals surface area contributed by atoms with Gasteiger partial charge in [-0.3, -0.25) is 0 Å². The Morgan fingerprint density at radius 2 is 2.14 bits per heavy atom. The van der Waals surface area contributed by atoms with Crippen LogP contribution in [0.2, 0.25) is 0 Å². The first-order valence-corrected chi connectivity index (χ1v) is 5.94. The van der Waals surface area contributed by atoms with Crippen LogP contribution in [0.5, 0.6) is 0 Å². The van der Waals surface area contributed by atoms with E-state index >= 15 is 0 Å². The maximum Gasteiger partial charge on any atom is 0.0774 e. The molecular weight excluding hydrogens is 188 g/mol. The fraction of sp³-hybridized carbons (Fsp3) is 0.385. The van der Waals surface area contributed by atoms with E-state index in [9.17, 15) is 0 Å². The molecule has 0 aromatic carbocycles. The fourth-order valence-corrected chi connectivity index (χ4v) is 2.32. The molecular formula is C13H14S. The van der Waals surface area contributed by atoms with E-state index in [1.165, 1.54) is 41.0 Å². The molecule has 0 spiro atoms. The normalized spacial score (nSPS) is 15.6. The molecule has 0 aliphatic heterocycles. The molecule has 0 saturated heterocycles. The van der Waals surface area contributed by atoms with Gasteiger partial charge >= 0.3 is 0 Å². The number of aryl methyl sites for hydroxylation is 1. The summed E-state index contributed by atoms with van der Waals surface area (Å²) in [5.41, 5.74) is 1.34. The average molecular weight is 202 g/mol. The van der Waals surface area contributed by atoms with Gasteiger partial charge in [-0.15, -0.1) is 11.3 Å². The van der Waals surface area contributed by atoms with Crippen LogP contribution in [0.1, 0.15) is 35.4 Å². The van der Waals surface area contributed by atoms with Gasteiger partial charge < -0.3 is 0 Å². The summed E-state index contributed by atoms with van der Waals surface area (Å²) in [4.78, 5) is 2.53. The van der Waals surface area contributed by atoms with Crippen LogP contribution in [0.4, 0.5) is 0 Å². The van der Waals surface area contributed by atoms with Crippen LogP contribution in [0.15, 0.2) is 23.8 Å². The van der Waals surface area contributed by atoms with E-state index in [4.69, 9.17) is 0 Å². The molecule has 0 nitrogen and oxygen atoms in total. The Balaban J connectivity index is 2.09. The standard InChI is InChI=1S/C13H14S/c1-11-7-9-13(14-11)10-8-12-5-3-2-4-6-12/h5,7,9H,2-4,6H2,1H3. The molecule has 1 heterocycles. The smallest absolute Gasteiger partial charge is 0.0774 e. The average Bonchev–Trinajstić information content (AvgIpc) is 2.63. The van der Waals surface area contributed by atoms with E-state index in [0.717, 1.165) is 0 Å². The lowest BCUT2D eigenvalue weighted by molar-refractivity contribution is 0.715. The summed E-state index contributed by atoms with van der Waals surface area (Å²) in [5, 5.41) is 0. The Kier molecular flexibility index (Phi) is 3.06. The first-order valence-electron chi connectivity index (χ1n) is 5.12. The highest BCUT2D eigenvalue weighted by Gasteiger charge is 1.99.